The third-order valence-corrected chi connectivity index (χ3v) is 2.37. The van der Waals surface area contributed by atoms with E-state index < -0.39 is 0 Å². The zero-order chi connectivity index (χ0) is 11.3. The van der Waals surface area contributed by atoms with Crippen LogP contribution in [-0.4, -0.2) is 24.6 Å². The van der Waals surface area contributed by atoms with Gasteiger partial charge in [-0.25, -0.2) is 4.98 Å². The molecule has 0 amide bonds. The van der Waals surface area contributed by atoms with E-state index in [0.29, 0.717) is 11.7 Å². The van der Waals surface area contributed by atoms with Gasteiger partial charge in [0.15, 0.2) is 0 Å². The molecule has 1 atom stereocenters. The van der Waals surface area contributed by atoms with Crippen molar-refractivity contribution in [1.29, 1.82) is 0 Å². The van der Waals surface area contributed by atoms with E-state index in [1.165, 1.54) is 7.11 Å². The number of nitrogens with zero attached hydrogens (tertiary/aromatic N) is 1. The van der Waals surface area contributed by atoms with Gasteiger partial charge in [-0.1, -0.05) is 17.7 Å². The highest BCUT2D eigenvalue weighted by Crippen LogP contribution is 2.19. The topological polar surface area (TPSA) is 65.2 Å². The van der Waals surface area contributed by atoms with Crippen molar-refractivity contribution in [2.24, 2.45) is 5.73 Å². The van der Waals surface area contributed by atoms with Crippen LogP contribution in [0.15, 0.2) is 18.3 Å². The molecule has 4 nitrogen and oxygen atoms in total. The van der Waals surface area contributed by atoms with Crippen LogP contribution in [0.3, 0.4) is 0 Å². The van der Waals surface area contributed by atoms with E-state index in [4.69, 9.17) is 17.3 Å². The Morgan fingerprint density at radius 1 is 1.67 bits per heavy atom. The molecular formula is C10H13ClN2O2. The van der Waals surface area contributed by atoms with Crippen LogP contribution in [-0.2, 0) is 9.53 Å². The highest BCUT2D eigenvalue weighted by Gasteiger charge is 2.15. The highest BCUT2D eigenvalue weighted by atomic mass is 35.5. The zero-order valence-corrected chi connectivity index (χ0v) is 9.20. The first-order valence-electron chi connectivity index (χ1n) is 4.55. The van der Waals surface area contributed by atoms with Crippen LogP contribution in [0.4, 0.5) is 0 Å². The number of pyridine rings is 1. The summed E-state index contributed by atoms with van der Waals surface area (Å²) < 4.78 is 4.59. The number of rotatable bonds is 4. The predicted molar refractivity (Wildman–Crippen MR) is 57.7 cm³/mol. The first-order chi connectivity index (χ1) is 7.17. The van der Waals surface area contributed by atoms with Crippen LogP contribution in [0.25, 0.3) is 0 Å². The molecule has 0 aliphatic carbocycles. The van der Waals surface area contributed by atoms with Crippen molar-refractivity contribution in [3.63, 3.8) is 0 Å². The van der Waals surface area contributed by atoms with Crippen molar-refractivity contribution in [1.82, 2.24) is 4.98 Å². The first kappa shape index (κ1) is 11.9. The van der Waals surface area contributed by atoms with E-state index in [9.17, 15) is 4.79 Å². The summed E-state index contributed by atoms with van der Waals surface area (Å²) in [4.78, 5) is 15.0. The Morgan fingerprint density at radius 3 is 2.87 bits per heavy atom. The number of carbonyl (C=O) groups is 1. The maximum Gasteiger partial charge on any atom is 0.306 e. The third kappa shape index (κ3) is 3.49. The summed E-state index contributed by atoms with van der Waals surface area (Å²) in [5, 5.41) is 0.424. The summed E-state index contributed by atoms with van der Waals surface area (Å²) in [7, 11) is 1.36. The second-order valence-corrected chi connectivity index (χ2v) is 3.51. The molecule has 0 aromatic carbocycles. The Balaban J connectivity index is 2.74. The van der Waals surface area contributed by atoms with Gasteiger partial charge in [0, 0.05) is 12.1 Å². The summed E-state index contributed by atoms with van der Waals surface area (Å²) in [6.07, 6.45) is 1.89. The summed E-state index contributed by atoms with van der Waals surface area (Å²) in [5.74, 6) is -0.345. The van der Waals surface area contributed by atoms with E-state index in [-0.39, 0.29) is 18.3 Å². The lowest BCUT2D eigenvalue weighted by atomic mass is 9.98. The van der Waals surface area contributed by atoms with Gasteiger partial charge in [0.2, 0.25) is 0 Å². The third-order valence-electron chi connectivity index (χ3n) is 2.15. The summed E-state index contributed by atoms with van der Waals surface area (Å²) in [6.45, 7) is 0.373. The molecule has 0 aliphatic heterocycles. The average Bonchev–Trinajstić information content (AvgIpc) is 2.27. The smallest absolute Gasteiger partial charge is 0.306 e. The van der Waals surface area contributed by atoms with E-state index in [2.05, 4.69) is 9.72 Å². The Bertz CT molecular complexity index is 327. The fourth-order valence-corrected chi connectivity index (χ4v) is 1.36. The van der Waals surface area contributed by atoms with Crippen molar-refractivity contribution < 1.29 is 9.53 Å². The SMILES string of the molecule is COC(=O)CC(CN)c1ccc(Cl)nc1. The molecular weight excluding hydrogens is 216 g/mol. The largest absolute Gasteiger partial charge is 0.469 e. The molecule has 82 valence electrons. The van der Waals surface area contributed by atoms with Gasteiger partial charge in [-0.15, -0.1) is 0 Å². The lowest BCUT2D eigenvalue weighted by molar-refractivity contribution is -0.141. The molecule has 2 N–H and O–H groups in total. The van der Waals surface area contributed by atoms with Gasteiger partial charge in [0.05, 0.1) is 13.5 Å². The van der Waals surface area contributed by atoms with E-state index >= 15 is 0 Å². The second kappa shape index (κ2) is 5.68. The van der Waals surface area contributed by atoms with Crippen molar-refractivity contribution in [2.75, 3.05) is 13.7 Å². The number of esters is 1. The molecule has 1 aromatic heterocycles. The number of halogens is 1. The van der Waals surface area contributed by atoms with Gasteiger partial charge < -0.3 is 10.5 Å². The van der Waals surface area contributed by atoms with Gasteiger partial charge in [-0.05, 0) is 18.2 Å². The minimum Gasteiger partial charge on any atom is -0.469 e. The molecule has 0 fully saturated rings. The van der Waals surface area contributed by atoms with E-state index in [1.54, 1.807) is 12.3 Å². The quantitative estimate of drug-likeness (QED) is 0.624. The average molecular weight is 229 g/mol. The Hall–Kier alpha value is -1.13. The molecule has 1 rings (SSSR count). The second-order valence-electron chi connectivity index (χ2n) is 3.13. The first-order valence-corrected chi connectivity index (χ1v) is 4.93. The van der Waals surface area contributed by atoms with Crippen LogP contribution < -0.4 is 5.73 Å². The van der Waals surface area contributed by atoms with Crippen LogP contribution in [0.1, 0.15) is 17.9 Å². The number of aromatic nitrogens is 1. The lowest BCUT2D eigenvalue weighted by Crippen LogP contribution is -2.17. The minimum atomic E-state index is -0.277. The van der Waals surface area contributed by atoms with Crippen LogP contribution >= 0.6 is 11.6 Å². The molecule has 0 spiro atoms. The Kier molecular flexibility index (Phi) is 4.52. The van der Waals surface area contributed by atoms with Gasteiger partial charge in [-0.2, -0.15) is 0 Å². The van der Waals surface area contributed by atoms with Gasteiger partial charge in [0.25, 0.3) is 0 Å². The van der Waals surface area contributed by atoms with Gasteiger partial charge in [0.1, 0.15) is 5.15 Å². The van der Waals surface area contributed by atoms with Crippen molar-refractivity contribution >= 4 is 17.6 Å². The summed E-state index contributed by atoms with van der Waals surface area (Å²) in [5.41, 5.74) is 6.47. The lowest BCUT2D eigenvalue weighted by Gasteiger charge is -2.12. The maximum atomic E-state index is 11.1. The molecule has 0 radical (unpaired) electrons. The minimum absolute atomic E-state index is 0.0674. The molecule has 0 bridgehead atoms. The number of hydrogen-bond acceptors (Lipinski definition) is 4. The Morgan fingerprint density at radius 2 is 2.40 bits per heavy atom. The summed E-state index contributed by atoms with van der Waals surface area (Å²) in [6, 6.07) is 3.49. The van der Waals surface area contributed by atoms with E-state index in [0.717, 1.165) is 5.56 Å². The van der Waals surface area contributed by atoms with Crippen molar-refractivity contribution in [3.8, 4) is 0 Å². The highest BCUT2D eigenvalue weighted by molar-refractivity contribution is 6.29. The molecule has 5 heteroatoms. The number of methoxy groups -OCH3 is 1. The fraction of sp³-hybridized carbons (Fsp3) is 0.400. The monoisotopic (exact) mass is 228 g/mol. The normalized spacial score (nSPS) is 12.2. The molecule has 0 saturated carbocycles. The standard InChI is InChI=1S/C10H13ClN2O2/c1-15-10(14)4-8(5-12)7-2-3-9(11)13-6-7/h2-3,6,8H,4-5,12H2,1H3. The van der Waals surface area contributed by atoms with Crippen molar-refractivity contribution in [2.45, 2.75) is 12.3 Å². The van der Waals surface area contributed by atoms with Crippen LogP contribution in [0, 0.1) is 0 Å². The molecule has 1 heterocycles. The van der Waals surface area contributed by atoms with Crippen LogP contribution in [0.5, 0.6) is 0 Å². The molecule has 0 aliphatic rings. The molecule has 0 saturated heterocycles. The Labute approximate surface area is 93.4 Å². The number of carbonyl (C=O) groups excluding carboxylic acids is 1. The molecule has 15 heavy (non-hydrogen) atoms. The number of hydrogen-bond donors (Lipinski definition) is 1. The van der Waals surface area contributed by atoms with E-state index in [1.807, 2.05) is 6.07 Å². The number of ether oxygens (including phenoxy) is 1. The molecule has 1 aromatic rings. The molecule has 1 unspecified atom stereocenters. The number of nitrogens with two attached hydrogens (primary N) is 1. The maximum absolute atomic E-state index is 11.1. The fourth-order valence-electron chi connectivity index (χ4n) is 1.25. The zero-order valence-electron chi connectivity index (χ0n) is 8.44. The van der Waals surface area contributed by atoms with Crippen molar-refractivity contribution in [3.05, 3.63) is 29.0 Å². The van der Waals surface area contributed by atoms with Crippen LogP contribution in [0.2, 0.25) is 5.15 Å². The van der Waals surface area contributed by atoms with Gasteiger partial charge in [-0.3, -0.25) is 4.79 Å². The van der Waals surface area contributed by atoms with Gasteiger partial charge >= 0.3 is 5.97 Å². The predicted octanol–water partition coefficient (Wildman–Crippen LogP) is 1.34. The summed E-state index contributed by atoms with van der Waals surface area (Å²) >= 11 is 5.66.